The molecule has 1 N–H and O–H groups in total. The molecule has 0 heterocycles. The molecular weight excluding hydrogens is 270 g/mol. The third-order valence-electron chi connectivity index (χ3n) is 2.19. The number of halogens is 1. The standard InChI is InChI=1S/C12H16BrNO2/c1-3-16-8-12(15)14-9(2)10-6-4-5-7-11(10)13/h4-7,9H,3,8H2,1-2H3,(H,14,15). The zero-order valence-corrected chi connectivity index (χ0v) is 11.1. The second-order valence-electron chi connectivity index (χ2n) is 3.45. The second kappa shape index (κ2) is 6.66. The number of hydrogen-bond acceptors (Lipinski definition) is 2. The van der Waals surface area contributed by atoms with Gasteiger partial charge in [-0.2, -0.15) is 0 Å². The Hall–Kier alpha value is -0.870. The molecule has 1 aromatic carbocycles. The minimum Gasteiger partial charge on any atom is -0.372 e. The molecule has 3 nitrogen and oxygen atoms in total. The van der Waals surface area contributed by atoms with Gasteiger partial charge in [-0.3, -0.25) is 4.79 Å². The Morgan fingerprint density at radius 2 is 2.19 bits per heavy atom. The van der Waals surface area contributed by atoms with Crippen LogP contribution in [-0.4, -0.2) is 19.1 Å². The van der Waals surface area contributed by atoms with Crippen molar-refractivity contribution in [1.29, 1.82) is 0 Å². The van der Waals surface area contributed by atoms with Gasteiger partial charge in [0.1, 0.15) is 6.61 Å². The van der Waals surface area contributed by atoms with Crippen LogP contribution in [0.25, 0.3) is 0 Å². The highest BCUT2D eigenvalue weighted by molar-refractivity contribution is 9.10. The molecule has 0 spiro atoms. The number of benzene rings is 1. The van der Waals surface area contributed by atoms with E-state index < -0.39 is 0 Å². The van der Waals surface area contributed by atoms with Crippen molar-refractivity contribution in [2.45, 2.75) is 19.9 Å². The minimum absolute atomic E-state index is 0.0245. The van der Waals surface area contributed by atoms with E-state index in [9.17, 15) is 4.79 Å². The third kappa shape index (κ3) is 3.94. The summed E-state index contributed by atoms with van der Waals surface area (Å²) in [6.45, 7) is 4.48. The van der Waals surface area contributed by atoms with Crippen LogP contribution in [0.4, 0.5) is 0 Å². The fourth-order valence-corrected chi connectivity index (χ4v) is 2.01. The maximum atomic E-state index is 11.4. The van der Waals surface area contributed by atoms with Crippen molar-refractivity contribution >= 4 is 21.8 Å². The summed E-state index contributed by atoms with van der Waals surface area (Å²) in [6, 6.07) is 7.81. The highest BCUT2D eigenvalue weighted by Gasteiger charge is 2.11. The van der Waals surface area contributed by atoms with Crippen LogP contribution in [0.3, 0.4) is 0 Å². The Bertz CT molecular complexity index is 355. The number of amides is 1. The molecule has 0 saturated carbocycles. The van der Waals surface area contributed by atoms with E-state index in [-0.39, 0.29) is 18.6 Å². The molecule has 4 heteroatoms. The van der Waals surface area contributed by atoms with E-state index in [0.29, 0.717) is 6.61 Å². The molecule has 0 aliphatic rings. The number of nitrogens with one attached hydrogen (secondary N) is 1. The summed E-state index contributed by atoms with van der Waals surface area (Å²) in [4.78, 5) is 11.4. The van der Waals surface area contributed by atoms with Gasteiger partial charge >= 0.3 is 0 Å². The first-order valence-corrected chi connectivity index (χ1v) is 6.06. The maximum absolute atomic E-state index is 11.4. The first-order valence-electron chi connectivity index (χ1n) is 5.26. The van der Waals surface area contributed by atoms with Crippen molar-refractivity contribution in [3.8, 4) is 0 Å². The van der Waals surface area contributed by atoms with Gasteiger partial charge in [0.05, 0.1) is 6.04 Å². The number of rotatable bonds is 5. The van der Waals surface area contributed by atoms with Crippen LogP contribution >= 0.6 is 15.9 Å². The average Bonchev–Trinajstić information content (AvgIpc) is 2.26. The Kier molecular flexibility index (Phi) is 5.49. The van der Waals surface area contributed by atoms with Gasteiger partial charge in [-0.15, -0.1) is 0 Å². The molecule has 1 aromatic rings. The van der Waals surface area contributed by atoms with Crippen LogP contribution < -0.4 is 5.32 Å². The highest BCUT2D eigenvalue weighted by atomic mass is 79.9. The molecule has 16 heavy (non-hydrogen) atoms. The molecule has 0 aliphatic heterocycles. The maximum Gasteiger partial charge on any atom is 0.246 e. The van der Waals surface area contributed by atoms with Crippen molar-refractivity contribution in [3.63, 3.8) is 0 Å². The van der Waals surface area contributed by atoms with Crippen molar-refractivity contribution in [2.24, 2.45) is 0 Å². The van der Waals surface area contributed by atoms with Crippen LogP contribution in [0.1, 0.15) is 25.5 Å². The van der Waals surface area contributed by atoms with Crippen molar-refractivity contribution < 1.29 is 9.53 Å². The Morgan fingerprint density at radius 1 is 1.50 bits per heavy atom. The van der Waals surface area contributed by atoms with E-state index >= 15 is 0 Å². The predicted molar refractivity (Wildman–Crippen MR) is 67.2 cm³/mol. The van der Waals surface area contributed by atoms with Gasteiger partial charge in [-0.1, -0.05) is 34.1 Å². The lowest BCUT2D eigenvalue weighted by Crippen LogP contribution is -2.30. The molecule has 0 bridgehead atoms. The van der Waals surface area contributed by atoms with E-state index in [4.69, 9.17) is 4.74 Å². The molecule has 0 fully saturated rings. The molecule has 0 radical (unpaired) electrons. The van der Waals surface area contributed by atoms with E-state index in [0.717, 1.165) is 10.0 Å². The lowest BCUT2D eigenvalue weighted by molar-refractivity contribution is -0.126. The molecule has 88 valence electrons. The van der Waals surface area contributed by atoms with E-state index in [1.54, 1.807) is 0 Å². The largest absolute Gasteiger partial charge is 0.372 e. The molecule has 1 unspecified atom stereocenters. The summed E-state index contributed by atoms with van der Waals surface area (Å²) in [5.74, 6) is -0.0925. The Morgan fingerprint density at radius 3 is 2.81 bits per heavy atom. The summed E-state index contributed by atoms with van der Waals surface area (Å²) in [5.41, 5.74) is 1.06. The minimum atomic E-state index is -0.0925. The summed E-state index contributed by atoms with van der Waals surface area (Å²) in [5, 5.41) is 2.88. The summed E-state index contributed by atoms with van der Waals surface area (Å²) < 4.78 is 6.04. The zero-order chi connectivity index (χ0) is 12.0. The van der Waals surface area contributed by atoms with Crippen LogP contribution in [0, 0.1) is 0 Å². The highest BCUT2D eigenvalue weighted by Crippen LogP contribution is 2.22. The van der Waals surface area contributed by atoms with Gasteiger partial charge in [0.15, 0.2) is 0 Å². The van der Waals surface area contributed by atoms with Crippen LogP contribution in [-0.2, 0) is 9.53 Å². The van der Waals surface area contributed by atoms with Gasteiger partial charge in [0.2, 0.25) is 5.91 Å². The van der Waals surface area contributed by atoms with E-state index in [2.05, 4.69) is 21.2 Å². The zero-order valence-electron chi connectivity index (χ0n) is 9.50. The fourth-order valence-electron chi connectivity index (χ4n) is 1.38. The number of carbonyl (C=O) groups excluding carboxylic acids is 1. The van der Waals surface area contributed by atoms with Crippen LogP contribution in [0.15, 0.2) is 28.7 Å². The SMILES string of the molecule is CCOCC(=O)NC(C)c1ccccc1Br. The van der Waals surface area contributed by atoms with Gasteiger partial charge in [-0.25, -0.2) is 0 Å². The second-order valence-corrected chi connectivity index (χ2v) is 4.30. The molecule has 0 aromatic heterocycles. The van der Waals surface area contributed by atoms with Crippen molar-refractivity contribution in [3.05, 3.63) is 34.3 Å². The van der Waals surface area contributed by atoms with E-state index in [1.807, 2.05) is 38.1 Å². The monoisotopic (exact) mass is 285 g/mol. The summed E-state index contributed by atoms with van der Waals surface area (Å²) >= 11 is 3.46. The molecule has 1 atom stereocenters. The van der Waals surface area contributed by atoms with Gasteiger partial charge in [-0.05, 0) is 25.5 Å². The smallest absolute Gasteiger partial charge is 0.246 e. The Balaban J connectivity index is 2.55. The quantitative estimate of drug-likeness (QED) is 0.903. The predicted octanol–water partition coefficient (Wildman–Crippen LogP) is 2.66. The first-order chi connectivity index (χ1) is 7.65. The Labute approximate surface area is 104 Å². The first kappa shape index (κ1) is 13.2. The number of carbonyl (C=O) groups is 1. The van der Waals surface area contributed by atoms with Gasteiger partial charge in [0.25, 0.3) is 0 Å². The van der Waals surface area contributed by atoms with Crippen molar-refractivity contribution in [1.82, 2.24) is 5.32 Å². The van der Waals surface area contributed by atoms with Gasteiger partial charge in [0, 0.05) is 11.1 Å². The normalized spacial score (nSPS) is 12.2. The molecule has 1 rings (SSSR count). The molecule has 1 amide bonds. The number of ether oxygens (including phenoxy) is 1. The topological polar surface area (TPSA) is 38.3 Å². The molecule has 0 saturated heterocycles. The number of hydrogen-bond donors (Lipinski definition) is 1. The molecule has 0 aliphatic carbocycles. The fraction of sp³-hybridized carbons (Fsp3) is 0.417. The van der Waals surface area contributed by atoms with Crippen LogP contribution in [0.2, 0.25) is 0 Å². The summed E-state index contributed by atoms with van der Waals surface area (Å²) in [6.07, 6.45) is 0. The van der Waals surface area contributed by atoms with Crippen LogP contribution in [0.5, 0.6) is 0 Å². The lowest BCUT2D eigenvalue weighted by Gasteiger charge is -2.15. The molecular formula is C12H16BrNO2. The van der Waals surface area contributed by atoms with Crippen molar-refractivity contribution in [2.75, 3.05) is 13.2 Å². The average molecular weight is 286 g/mol. The third-order valence-corrected chi connectivity index (χ3v) is 2.91. The lowest BCUT2D eigenvalue weighted by atomic mass is 10.1. The van der Waals surface area contributed by atoms with Gasteiger partial charge < -0.3 is 10.1 Å². The van der Waals surface area contributed by atoms with E-state index in [1.165, 1.54) is 0 Å². The summed E-state index contributed by atoms with van der Waals surface area (Å²) in [7, 11) is 0.